The Hall–Kier alpha value is -3.32. The number of amides is 1. The summed E-state index contributed by atoms with van der Waals surface area (Å²) in [5.41, 5.74) is 3.11. The molecule has 0 saturated heterocycles. The SMILES string of the molecule is COC(=O)c1cc(CNC(=O)c2cc3c(s2)-c2ccccc2OC3)ccc1OC. The van der Waals surface area contributed by atoms with Crippen LogP contribution in [0.1, 0.15) is 31.2 Å². The van der Waals surface area contributed by atoms with Crippen molar-refractivity contribution in [3.05, 3.63) is 70.1 Å². The summed E-state index contributed by atoms with van der Waals surface area (Å²) in [5, 5.41) is 2.91. The number of esters is 1. The van der Waals surface area contributed by atoms with E-state index < -0.39 is 5.97 Å². The van der Waals surface area contributed by atoms with Crippen molar-refractivity contribution in [2.24, 2.45) is 0 Å². The third-order valence-electron chi connectivity index (χ3n) is 4.67. The molecule has 2 heterocycles. The van der Waals surface area contributed by atoms with Crippen molar-refractivity contribution in [3.8, 4) is 21.9 Å². The second-order valence-electron chi connectivity index (χ2n) is 6.46. The van der Waals surface area contributed by atoms with E-state index in [1.807, 2.05) is 30.3 Å². The summed E-state index contributed by atoms with van der Waals surface area (Å²) in [5.74, 6) is 0.607. The first kappa shape index (κ1) is 19.0. The van der Waals surface area contributed by atoms with Gasteiger partial charge in [-0.25, -0.2) is 4.79 Å². The van der Waals surface area contributed by atoms with Crippen molar-refractivity contribution in [2.45, 2.75) is 13.2 Å². The second kappa shape index (κ2) is 7.97. The van der Waals surface area contributed by atoms with Gasteiger partial charge in [0.2, 0.25) is 0 Å². The van der Waals surface area contributed by atoms with Gasteiger partial charge < -0.3 is 19.5 Å². The molecule has 1 N–H and O–H groups in total. The average molecular weight is 409 g/mol. The zero-order chi connectivity index (χ0) is 20.4. The lowest BCUT2D eigenvalue weighted by Crippen LogP contribution is -2.22. The maximum Gasteiger partial charge on any atom is 0.341 e. The van der Waals surface area contributed by atoms with E-state index in [1.54, 1.807) is 18.2 Å². The number of fused-ring (bicyclic) bond motifs is 3. The van der Waals surface area contributed by atoms with Gasteiger partial charge in [-0.1, -0.05) is 18.2 Å². The van der Waals surface area contributed by atoms with Crippen LogP contribution in [-0.4, -0.2) is 26.1 Å². The molecule has 1 aromatic heterocycles. The highest BCUT2D eigenvalue weighted by Gasteiger charge is 2.22. The summed E-state index contributed by atoms with van der Waals surface area (Å²) >= 11 is 1.45. The fraction of sp³-hybridized carbons (Fsp3) is 0.182. The molecule has 29 heavy (non-hydrogen) atoms. The number of methoxy groups -OCH3 is 2. The minimum atomic E-state index is -0.486. The molecular weight excluding hydrogens is 390 g/mol. The lowest BCUT2D eigenvalue weighted by Gasteiger charge is -2.16. The van der Waals surface area contributed by atoms with Gasteiger partial charge in [-0.15, -0.1) is 11.3 Å². The number of thiophene rings is 1. The number of carbonyl (C=O) groups is 2. The molecule has 3 aromatic rings. The number of nitrogens with one attached hydrogen (secondary N) is 1. The van der Waals surface area contributed by atoms with Gasteiger partial charge in [-0.3, -0.25) is 4.79 Å². The van der Waals surface area contributed by atoms with E-state index in [0.717, 1.165) is 27.3 Å². The first-order valence-corrected chi connectivity index (χ1v) is 9.80. The summed E-state index contributed by atoms with van der Waals surface area (Å²) < 4.78 is 15.7. The summed E-state index contributed by atoms with van der Waals surface area (Å²) in [7, 11) is 2.81. The molecule has 1 aliphatic rings. The van der Waals surface area contributed by atoms with Crippen molar-refractivity contribution in [1.29, 1.82) is 0 Å². The highest BCUT2D eigenvalue weighted by Crippen LogP contribution is 2.42. The maximum atomic E-state index is 12.7. The van der Waals surface area contributed by atoms with E-state index in [1.165, 1.54) is 25.6 Å². The standard InChI is InChI=1S/C22H19NO5S/c1-26-17-8-7-13(9-16(17)22(25)27-2)11-23-21(24)19-10-14-12-28-18-6-4-3-5-15(18)20(14)29-19/h3-10H,11-12H2,1-2H3,(H,23,24). The van der Waals surface area contributed by atoms with Gasteiger partial charge in [0, 0.05) is 22.5 Å². The first-order chi connectivity index (χ1) is 14.1. The van der Waals surface area contributed by atoms with E-state index >= 15 is 0 Å². The van der Waals surface area contributed by atoms with Gasteiger partial charge >= 0.3 is 5.97 Å². The summed E-state index contributed by atoms with van der Waals surface area (Å²) in [4.78, 5) is 26.3. The molecule has 148 valence electrons. The smallest absolute Gasteiger partial charge is 0.341 e. The molecule has 1 aliphatic heterocycles. The van der Waals surface area contributed by atoms with Gasteiger partial charge in [0.1, 0.15) is 23.7 Å². The van der Waals surface area contributed by atoms with Crippen LogP contribution in [0.3, 0.4) is 0 Å². The highest BCUT2D eigenvalue weighted by molar-refractivity contribution is 7.17. The maximum absolute atomic E-state index is 12.7. The zero-order valence-electron chi connectivity index (χ0n) is 16.0. The molecule has 7 heteroatoms. The number of ether oxygens (including phenoxy) is 3. The van der Waals surface area contributed by atoms with Gasteiger partial charge in [-0.2, -0.15) is 0 Å². The van der Waals surface area contributed by atoms with Crippen molar-refractivity contribution >= 4 is 23.2 Å². The van der Waals surface area contributed by atoms with Gasteiger partial charge in [0.25, 0.3) is 5.91 Å². The minimum Gasteiger partial charge on any atom is -0.496 e. The first-order valence-electron chi connectivity index (χ1n) is 8.99. The van der Waals surface area contributed by atoms with Crippen LogP contribution in [0, 0.1) is 0 Å². The zero-order valence-corrected chi connectivity index (χ0v) is 16.8. The van der Waals surface area contributed by atoms with Crippen LogP contribution >= 0.6 is 11.3 Å². The number of hydrogen-bond donors (Lipinski definition) is 1. The van der Waals surface area contributed by atoms with Crippen molar-refractivity contribution in [1.82, 2.24) is 5.32 Å². The largest absolute Gasteiger partial charge is 0.496 e. The quantitative estimate of drug-likeness (QED) is 0.644. The molecule has 0 saturated carbocycles. The monoisotopic (exact) mass is 409 g/mol. The number of hydrogen-bond acceptors (Lipinski definition) is 6. The second-order valence-corrected chi connectivity index (χ2v) is 7.51. The van der Waals surface area contributed by atoms with Crippen molar-refractivity contribution in [2.75, 3.05) is 14.2 Å². The minimum absolute atomic E-state index is 0.169. The molecule has 2 aromatic carbocycles. The number of carbonyl (C=O) groups excluding carboxylic acids is 2. The summed E-state index contributed by atoms with van der Waals surface area (Å²) in [6, 6.07) is 14.8. The number of para-hydroxylation sites is 1. The molecule has 0 unspecified atom stereocenters. The Kier molecular flexibility index (Phi) is 5.22. The van der Waals surface area contributed by atoms with E-state index in [4.69, 9.17) is 14.2 Å². The highest BCUT2D eigenvalue weighted by atomic mass is 32.1. The molecule has 0 bridgehead atoms. The predicted octanol–water partition coefficient (Wildman–Crippen LogP) is 4.03. The van der Waals surface area contributed by atoms with Crippen LogP contribution in [-0.2, 0) is 17.9 Å². The van der Waals surface area contributed by atoms with E-state index in [-0.39, 0.29) is 12.5 Å². The molecular formula is C22H19NO5S. The number of rotatable bonds is 5. The third-order valence-corrected chi connectivity index (χ3v) is 5.88. The lowest BCUT2D eigenvalue weighted by atomic mass is 10.1. The fourth-order valence-electron chi connectivity index (χ4n) is 3.22. The van der Waals surface area contributed by atoms with E-state index in [0.29, 0.717) is 22.8 Å². The van der Waals surface area contributed by atoms with E-state index in [2.05, 4.69) is 5.32 Å². The Morgan fingerprint density at radius 2 is 1.97 bits per heavy atom. The topological polar surface area (TPSA) is 73.9 Å². The van der Waals surface area contributed by atoms with Crippen LogP contribution in [0.5, 0.6) is 11.5 Å². The molecule has 0 aliphatic carbocycles. The molecule has 4 rings (SSSR count). The Labute approximate surface area is 172 Å². The van der Waals surface area contributed by atoms with Gasteiger partial charge in [0.15, 0.2) is 0 Å². The molecule has 0 spiro atoms. The Bertz CT molecular complexity index is 1090. The Morgan fingerprint density at radius 3 is 2.76 bits per heavy atom. The van der Waals surface area contributed by atoms with Crippen LogP contribution in [0.2, 0.25) is 0 Å². The van der Waals surface area contributed by atoms with Gasteiger partial charge in [0.05, 0.1) is 19.1 Å². The van der Waals surface area contributed by atoms with Gasteiger partial charge in [-0.05, 0) is 35.9 Å². The summed E-state index contributed by atoms with van der Waals surface area (Å²) in [6.07, 6.45) is 0. The molecule has 0 radical (unpaired) electrons. The van der Waals surface area contributed by atoms with Crippen molar-refractivity contribution in [3.63, 3.8) is 0 Å². The third kappa shape index (κ3) is 3.69. The Morgan fingerprint density at radius 1 is 1.14 bits per heavy atom. The molecule has 6 nitrogen and oxygen atoms in total. The van der Waals surface area contributed by atoms with Crippen LogP contribution in [0.15, 0.2) is 48.5 Å². The van der Waals surface area contributed by atoms with Crippen LogP contribution < -0.4 is 14.8 Å². The fourth-order valence-corrected chi connectivity index (χ4v) is 4.33. The van der Waals surface area contributed by atoms with E-state index in [9.17, 15) is 9.59 Å². The Balaban J connectivity index is 1.50. The van der Waals surface area contributed by atoms with Crippen LogP contribution in [0.4, 0.5) is 0 Å². The van der Waals surface area contributed by atoms with Crippen LogP contribution in [0.25, 0.3) is 10.4 Å². The molecule has 1 amide bonds. The average Bonchev–Trinajstić information content (AvgIpc) is 3.21. The lowest BCUT2D eigenvalue weighted by molar-refractivity contribution is 0.0597. The molecule has 0 fully saturated rings. The predicted molar refractivity (Wildman–Crippen MR) is 110 cm³/mol. The summed E-state index contributed by atoms with van der Waals surface area (Å²) in [6.45, 7) is 0.736. The molecule has 0 atom stereocenters. The number of benzene rings is 2. The normalized spacial score (nSPS) is 11.7. The van der Waals surface area contributed by atoms with Crippen molar-refractivity contribution < 1.29 is 23.8 Å².